The third kappa shape index (κ3) is 3.06. The Morgan fingerprint density at radius 2 is 1.35 bits per heavy atom. The molecule has 1 fully saturated rings. The van der Waals surface area contributed by atoms with Crippen LogP contribution in [0.5, 0.6) is 0 Å². The highest BCUT2D eigenvalue weighted by Gasteiger charge is 2.35. The zero-order valence-electron chi connectivity index (χ0n) is 14.3. The summed E-state index contributed by atoms with van der Waals surface area (Å²) in [7, 11) is 0. The highest BCUT2D eigenvalue weighted by atomic mass is 35.5. The van der Waals surface area contributed by atoms with Crippen LogP contribution in [-0.2, 0) is 6.54 Å². The summed E-state index contributed by atoms with van der Waals surface area (Å²) < 4.78 is 0. The molecule has 1 saturated heterocycles. The fourth-order valence-electron chi connectivity index (χ4n) is 3.59. The van der Waals surface area contributed by atoms with Crippen molar-refractivity contribution < 1.29 is 9.59 Å². The van der Waals surface area contributed by atoms with Crippen LogP contribution in [0, 0.1) is 0 Å². The molecule has 0 unspecified atom stereocenters. The molecule has 1 aliphatic carbocycles. The van der Waals surface area contributed by atoms with E-state index in [2.05, 4.69) is 17.0 Å². The molecule has 132 valence electrons. The molecule has 0 N–H and O–H groups in total. The van der Waals surface area contributed by atoms with Crippen LogP contribution in [0.25, 0.3) is 0 Å². The summed E-state index contributed by atoms with van der Waals surface area (Å²) in [6.07, 6.45) is 0. The molecule has 4 nitrogen and oxygen atoms in total. The summed E-state index contributed by atoms with van der Waals surface area (Å²) >= 11 is 6.31. The van der Waals surface area contributed by atoms with Crippen LogP contribution in [0.2, 0.25) is 0 Å². The number of halogens is 1. The molecule has 0 saturated carbocycles. The molecule has 4 rings (SSSR count). The van der Waals surface area contributed by atoms with Crippen LogP contribution in [-0.4, -0.2) is 47.5 Å². The molecule has 0 aromatic heterocycles. The van der Waals surface area contributed by atoms with Gasteiger partial charge in [0.25, 0.3) is 0 Å². The lowest BCUT2D eigenvalue weighted by molar-refractivity contribution is 0.0907. The number of ketones is 2. The van der Waals surface area contributed by atoms with Crippen LogP contribution >= 0.6 is 11.6 Å². The molecular weight excluding hydrogens is 348 g/mol. The SMILES string of the molecule is O=C1C(Cl)=C(N2CCN(Cc3ccccc3)CC2)C(=O)c2ccccc21. The van der Waals surface area contributed by atoms with Crippen LogP contribution in [0.3, 0.4) is 0 Å². The van der Waals surface area contributed by atoms with Crippen molar-refractivity contribution in [3.05, 3.63) is 82.0 Å². The van der Waals surface area contributed by atoms with Gasteiger partial charge in [0.1, 0.15) is 10.7 Å². The molecular formula is C21H19ClN2O2. The van der Waals surface area contributed by atoms with Crippen molar-refractivity contribution in [1.29, 1.82) is 0 Å². The van der Waals surface area contributed by atoms with Crippen molar-refractivity contribution in [2.45, 2.75) is 6.54 Å². The first kappa shape index (κ1) is 17.0. The maximum atomic E-state index is 12.9. The normalized spacial score (nSPS) is 18.3. The number of piperazine rings is 1. The first-order chi connectivity index (χ1) is 12.6. The summed E-state index contributed by atoms with van der Waals surface area (Å²) in [5.74, 6) is -0.412. The van der Waals surface area contributed by atoms with E-state index in [0.717, 1.165) is 19.6 Å². The van der Waals surface area contributed by atoms with Crippen LogP contribution in [0.1, 0.15) is 26.3 Å². The maximum Gasteiger partial charge on any atom is 0.211 e. The van der Waals surface area contributed by atoms with Gasteiger partial charge < -0.3 is 4.90 Å². The van der Waals surface area contributed by atoms with Gasteiger partial charge in [0.15, 0.2) is 0 Å². The smallest absolute Gasteiger partial charge is 0.211 e. The van der Waals surface area contributed by atoms with E-state index in [1.165, 1.54) is 5.56 Å². The molecule has 0 bridgehead atoms. The molecule has 26 heavy (non-hydrogen) atoms. The Labute approximate surface area is 157 Å². The highest BCUT2D eigenvalue weighted by Crippen LogP contribution is 2.31. The van der Waals surface area contributed by atoms with Gasteiger partial charge in [-0.3, -0.25) is 14.5 Å². The molecule has 1 heterocycles. The zero-order chi connectivity index (χ0) is 18.1. The van der Waals surface area contributed by atoms with Gasteiger partial charge in [-0.1, -0.05) is 66.2 Å². The Balaban J connectivity index is 1.50. The Bertz CT molecular complexity index is 884. The number of Topliss-reactive ketones (excluding diaryl/α,β-unsaturated/α-hetero) is 2. The summed E-state index contributed by atoms with van der Waals surface area (Å²) in [5, 5.41) is 0.0465. The highest BCUT2D eigenvalue weighted by molar-refractivity contribution is 6.49. The van der Waals surface area contributed by atoms with E-state index >= 15 is 0 Å². The minimum Gasteiger partial charge on any atom is -0.364 e. The Morgan fingerprint density at radius 3 is 2.00 bits per heavy atom. The predicted molar refractivity (Wildman–Crippen MR) is 101 cm³/mol. The van der Waals surface area contributed by atoms with E-state index in [1.54, 1.807) is 24.3 Å². The summed E-state index contributed by atoms with van der Waals surface area (Å²) in [6, 6.07) is 17.2. The molecule has 0 amide bonds. The van der Waals surface area contributed by atoms with Crippen molar-refractivity contribution in [3.8, 4) is 0 Å². The molecule has 2 aromatic carbocycles. The molecule has 2 aliphatic rings. The van der Waals surface area contributed by atoms with Crippen LogP contribution in [0.4, 0.5) is 0 Å². The molecule has 0 atom stereocenters. The molecule has 0 spiro atoms. The zero-order valence-corrected chi connectivity index (χ0v) is 15.1. The Hall–Kier alpha value is -2.43. The van der Waals surface area contributed by atoms with Crippen molar-refractivity contribution in [2.75, 3.05) is 26.2 Å². The fraction of sp³-hybridized carbons (Fsp3) is 0.238. The summed E-state index contributed by atoms with van der Waals surface area (Å²) in [6.45, 7) is 3.90. The van der Waals surface area contributed by atoms with Crippen LogP contribution < -0.4 is 0 Å². The van der Waals surface area contributed by atoms with Crippen molar-refractivity contribution in [3.63, 3.8) is 0 Å². The molecule has 2 aromatic rings. The van der Waals surface area contributed by atoms with Crippen molar-refractivity contribution in [2.24, 2.45) is 0 Å². The molecule has 1 aliphatic heterocycles. The third-order valence-electron chi connectivity index (χ3n) is 4.98. The van der Waals surface area contributed by atoms with E-state index in [0.29, 0.717) is 29.9 Å². The second-order valence-electron chi connectivity index (χ2n) is 6.62. The van der Waals surface area contributed by atoms with Gasteiger partial charge >= 0.3 is 0 Å². The van der Waals surface area contributed by atoms with Gasteiger partial charge in [-0.2, -0.15) is 0 Å². The number of allylic oxidation sites excluding steroid dienone is 2. The van der Waals surface area contributed by atoms with Crippen molar-refractivity contribution in [1.82, 2.24) is 9.80 Å². The first-order valence-corrected chi connectivity index (χ1v) is 9.12. The van der Waals surface area contributed by atoms with Gasteiger partial charge in [-0.15, -0.1) is 0 Å². The Kier molecular flexibility index (Phi) is 4.62. The van der Waals surface area contributed by atoms with Gasteiger partial charge in [0, 0.05) is 43.9 Å². The second-order valence-corrected chi connectivity index (χ2v) is 6.99. The first-order valence-electron chi connectivity index (χ1n) is 8.74. The Morgan fingerprint density at radius 1 is 0.769 bits per heavy atom. The minimum atomic E-state index is -0.261. The van der Waals surface area contributed by atoms with Gasteiger partial charge in [-0.25, -0.2) is 0 Å². The standard InChI is InChI=1S/C21H19ClN2O2/c22-18-19(21(26)17-9-5-4-8-16(17)20(18)25)24-12-10-23(11-13-24)14-15-6-2-1-3-7-15/h1-9H,10-14H2. The number of benzene rings is 2. The van der Waals surface area contributed by atoms with E-state index < -0.39 is 0 Å². The fourth-order valence-corrected chi connectivity index (χ4v) is 3.89. The topological polar surface area (TPSA) is 40.6 Å². The summed E-state index contributed by atoms with van der Waals surface area (Å²) in [5.41, 5.74) is 2.48. The number of hydrogen-bond donors (Lipinski definition) is 0. The van der Waals surface area contributed by atoms with Crippen molar-refractivity contribution >= 4 is 23.2 Å². The average Bonchev–Trinajstić information content (AvgIpc) is 2.68. The number of carbonyl (C=O) groups excluding carboxylic acids is 2. The van der Waals surface area contributed by atoms with E-state index in [4.69, 9.17) is 11.6 Å². The lowest BCUT2D eigenvalue weighted by Gasteiger charge is -2.38. The number of rotatable bonds is 3. The maximum absolute atomic E-state index is 12.9. The number of nitrogens with zero attached hydrogens (tertiary/aromatic N) is 2. The number of hydrogen-bond acceptors (Lipinski definition) is 4. The predicted octanol–water partition coefficient (Wildman–Crippen LogP) is 3.33. The average molecular weight is 367 g/mol. The third-order valence-corrected chi connectivity index (χ3v) is 5.33. The number of carbonyl (C=O) groups is 2. The second kappa shape index (κ2) is 7.06. The monoisotopic (exact) mass is 366 g/mol. The van der Waals surface area contributed by atoms with E-state index in [1.807, 2.05) is 23.1 Å². The lowest BCUT2D eigenvalue weighted by Crippen LogP contribution is -2.47. The summed E-state index contributed by atoms with van der Waals surface area (Å²) in [4.78, 5) is 29.7. The van der Waals surface area contributed by atoms with Gasteiger partial charge in [-0.05, 0) is 5.56 Å². The molecule has 5 heteroatoms. The van der Waals surface area contributed by atoms with Gasteiger partial charge in [0.05, 0.1) is 0 Å². The van der Waals surface area contributed by atoms with Gasteiger partial charge in [0.2, 0.25) is 11.6 Å². The minimum absolute atomic E-state index is 0.0465. The van der Waals surface area contributed by atoms with Crippen LogP contribution in [0.15, 0.2) is 65.3 Å². The number of fused-ring (bicyclic) bond motifs is 1. The molecule has 0 radical (unpaired) electrons. The quantitative estimate of drug-likeness (QED) is 0.835. The largest absolute Gasteiger partial charge is 0.364 e. The van der Waals surface area contributed by atoms with E-state index in [9.17, 15) is 9.59 Å². The van der Waals surface area contributed by atoms with E-state index in [-0.39, 0.29) is 16.6 Å². The lowest BCUT2D eigenvalue weighted by atomic mass is 9.91.